The maximum atomic E-state index is 4.46. The van der Waals surface area contributed by atoms with Crippen LogP contribution in [-0.4, -0.2) is 16.3 Å². The van der Waals surface area contributed by atoms with Crippen molar-refractivity contribution in [1.82, 2.24) is 9.78 Å². The second-order valence-corrected chi connectivity index (χ2v) is 3.38. The largest absolute Gasteiger partial charge is 0.356 e. The van der Waals surface area contributed by atoms with Gasteiger partial charge >= 0.3 is 0 Å². The summed E-state index contributed by atoms with van der Waals surface area (Å²) in [5, 5.41) is 4.46. The number of nitrogens with zero attached hydrogens (tertiary/aromatic N) is 2. The first-order valence-electron chi connectivity index (χ1n) is 4.39. The second kappa shape index (κ2) is 3.27. The van der Waals surface area contributed by atoms with Gasteiger partial charge in [0.15, 0.2) is 0 Å². The van der Waals surface area contributed by atoms with Gasteiger partial charge in [-0.3, -0.25) is 4.68 Å². The molecule has 0 amide bonds. The third kappa shape index (κ3) is 1.37. The molecule has 1 rings (SSSR count). The molecule has 0 saturated carbocycles. The fourth-order valence-corrected chi connectivity index (χ4v) is 1.30. The fourth-order valence-electron chi connectivity index (χ4n) is 1.30. The lowest BCUT2D eigenvalue weighted by atomic mass is 10.2. The molecule has 0 fully saturated rings. The predicted molar refractivity (Wildman–Crippen MR) is 48.9 cm³/mol. The summed E-state index contributed by atoms with van der Waals surface area (Å²) in [6, 6.07) is 0.414. The van der Waals surface area contributed by atoms with E-state index in [1.54, 1.807) is 0 Å². The summed E-state index contributed by atoms with van der Waals surface area (Å²) in [4.78, 5) is 0. The van der Waals surface area contributed by atoms with E-state index in [-0.39, 0.29) is 0 Å². The Morgan fingerprint density at radius 3 is 2.33 bits per heavy atom. The van der Waals surface area contributed by atoms with Gasteiger partial charge in [0, 0.05) is 5.69 Å². The number of quaternary nitrogens is 1. The molecule has 0 saturated heterocycles. The van der Waals surface area contributed by atoms with E-state index in [1.807, 2.05) is 0 Å². The Kier molecular flexibility index (Phi) is 2.52. The van der Waals surface area contributed by atoms with Gasteiger partial charge in [0.2, 0.25) is 0 Å². The minimum Gasteiger partial charge on any atom is -0.356 e. The molecule has 12 heavy (non-hydrogen) atoms. The number of hydrogen-bond donors (Lipinski definition) is 1. The molecule has 1 aromatic rings. The molecule has 1 heterocycles. The first-order chi connectivity index (χ1) is 5.57. The lowest BCUT2D eigenvalue weighted by Crippen LogP contribution is -2.53. The topological polar surface area (TPSA) is 45.5 Å². The molecule has 0 aliphatic heterocycles. The smallest absolute Gasteiger partial charge is 0.0981 e. The molecule has 0 aromatic carbocycles. The minimum atomic E-state index is 0.414. The van der Waals surface area contributed by atoms with E-state index >= 15 is 0 Å². The predicted octanol–water partition coefficient (Wildman–Crippen LogP) is 0.611. The zero-order valence-electron chi connectivity index (χ0n) is 8.39. The Labute approximate surface area is 73.6 Å². The van der Waals surface area contributed by atoms with Crippen LogP contribution in [0.15, 0.2) is 0 Å². The van der Waals surface area contributed by atoms with Gasteiger partial charge in [-0.05, 0) is 33.3 Å². The molecule has 0 bridgehead atoms. The van der Waals surface area contributed by atoms with Crippen LogP contribution in [0.2, 0.25) is 0 Å². The number of hydrogen-bond acceptors (Lipinski definition) is 1. The molecule has 3 N–H and O–H groups in total. The molecular formula is C9H18N3+. The van der Waals surface area contributed by atoms with Gasteiger partial charge in [-0.15, -0.1) is 0 Å². The van der Waals surface area contributed by atoms with E-state index in [0.29, 0.717) is 6.04 Å². The van der Waals surface area contributed by atoms with Crippen LogP contribution < -0.4 is 5.73 Å². The summed E-state index contributed by atoms with van der Waals surface area (Å²) in [6.07, 6.45) is 0. The van der Waals surface area contributed by atoms with Crippen LogP contribution in [0.5, 0.6) is 0 Å². The lowest BCUT2D eigenvalue weighted by Gasteiger charge is -2.09. The molecule has 1 aromatic heterocycles. The third-order valence-electron chi connectivity index (χ3n) is 2.52. The van der Waals surface area contributed by atoms with Crippen molar-refractivity contribution in [2.75, 3.05) is 6.54 Å². The molecule has 0 unspecified atom stereocenters. The summed E-state index contributed by atoms with van der Waals surface area (Å²) in [7, 11) is 0. The standard InChI is InChI=1S/C9H17N3/c1-6(5-10)12-9(4)7(2)8(3)11-12/h6H,5,10H2,1-4H3/p+1/t6-/m0/s1. The molecular weight excluding hydrogens is 150 g/mol. The van der Waals surface area contributed by atoms with E-state index in [1.165, 1.54) is 11.3 Å². The molecule has 0 spiro atoms. The van der Waals surface area contributed by atoms with Gasteiger partial charge in [-0.25, -0.2) is 0 Å². The van der Waals surface area contributed by atoms with Gasteiger partial charge in [-0.1, -0.05) is 0 Å². The Morgan fingerprint density at radius 2 is 2.00 bits per heavy atom. The van der Waals surface area contributed by atoms with Crippen molar-refractivity contribution >= 4 is 0 Å². The molecule has 0 aliphatic carbocycles. The normalized spacial score (nSPS) is 13.4. The highest BCUT2D eigenvalue weighted by Gasteiger charge is 2.12. The van der Waals surface area contributed by atoms with Crippen LogP contribution in [0.4, 0.5) is 0 Å². The average molecular weight is 168 g/mol. The molecule has 3 heteroatoms. The van der Waals surface area contributed by atoms with Gasteiger partial charge in [-0.2, -0.15) is 5.10 Å². The fraction of sp³-hybridized carbons (Fsp3) is 0.667. The first kappa shape index (κ1) is 9.26. The zero-order valence-corrected chi connectivity index (χ0v) is 8.39. The lowest BCUT2D eigenvalue weighted by molar-refractivity contribution is -0.376. The van der Waals surface area contributed by atoms with Crippen molar-refractivity contribution in [2.45, 2.75) is 33.7 Å². The van der Waals surface area contributed by atoms with Crippen LogP contribution in [-0.2, 0) is 0 Å². The van der Waals surface area contributed by atoms with Crippen molar-refractivity contribution in [2.24, 2.45) is 0 Å². The molecule has 0 radical (unpaired) electrons. The highest BCUT2D eigenvalue weighted by molar-refractivity contribution is 5.22. The highest BCUT2D eigenvalue weighted by Crippen LogP contribution is 2.14. The number of aromatic nitrogens is 2. The molecule has 68 valence electrons. The molecule has 0 aliphatic rings. The van der Waals surface area contributed by atoms with Crippen molar-refractivity contribution in [3.63, 3.8) is 0 Å². The SMILES string of the molecule is Cc1nn([C@@H](C)C[NH3+])c(C)c1C. The van der Waals surface area contributed by atoms with E-state index in [4.69, 9.17) is 0 Å². The quantitative estimate of drug-likeness (QED) is 0.691. The van der Waals surface area contributed by atoms with E-state index < -0.39 is 0 Å². The van der Waals surface area contributed by atoms with Crippen molar-refractivity contribution < 1.29 is 5.73 Å². The molecule has 1 atom stereocenters. The van der Waals surface area contributed by atoms with Gasteiger partial charge in [0.1, 0.15) is 0 Å². The number of aryl methyl sites for hydroxylation is 1. The minimum absolute atomic E-state index is 0.414. The van der Waals surface area contributed by atoms with Crippen LogP contribution in [0, 0.1) is 20.8 Å². The monoisotopic (exact) mass is 168 g/mol. The van der Waals surface area contributed by atoms with Crippen LogP contribution in [0.25, 0.3) is 0 Å². The first-order valence-corrected chi connectivity index (χ1v) is 4.39. The summed E-state index contributed by atoms with van der Waals surface area (Å²) in [5.41, 5.74) is 7.58. The van der Waals surface area contributed by atoms with Crippen LogP contribution in [0.1, 0.15) is 29.9 Å². The number of rotatable bonds is 2. The summed E-state index contributed by atoms with van der Waals surface area (Å²) < 4.78 is 2.07. The van der Waals surface area contributed by atoms with Crippen molar-refractivity contribution in [3.8, 4) is 0 Å². The van der Waals surface area contributed by atoms with Crippen molar-refractivity contribution in [1.29, 1.82) is 0 Å². The maximum Gasteiger partial charge on any atom is 0.0981 e. The van der Waals surface area contributed by atoms with E-state index in [2.05, 4.69) is 43.2 Å². The third-order valence-corrected chi connectivity index (χ3v) is 2.52. The zero-order chi connectivity index (χ0) is 9.30. The Bertz CT molecular complexity index is 276. The Balaban J connectivity index is 3.08. The van der Waals surface area contributed by atoms with Crippen LogP contribution >= 0.6 is 0 Å². The van der Waals surface area contributed by atoms with Crippen LogP contribution in [0.3, 0.4) is 0 Å². The van der Waals surface area contributed by atoms with Crippen molar-refractivity contribution in [3.05, 3.63) is 17.0 Å². The Hall–Kier alpha value is -0.830. The Morgan fingerprint density at radius 1 is 1.42 bits per heavy atom. The summed E-state index contributed by atoms with van der Waals surface area (Å²) in [6.45, 7) is 9.31. The van der Waals surface area contributed by atoms with Gasteiger partial charge in [0.25, 0.3) is 0 Å². The average Bonchev–Trinajstić information content (AvgIpc) is 2.32. The van der Waals surface area contributed by atoms with Gasteiger partial charge < -0.3 is 5.73 Å². The summed E-state index contributed by atoms with van der Waals surface area (Å²) >= 11 is 0. The summed E-state index contributed by atoms with van der Waals surface area (Å²) in [5.74, 6) is 0. The highest BCUT2D eigenvalue weighted by atomic mass is 15.3. The maximum absolute atomic E-state index is 4.46. The second-order valence-electron chi connectivity index (χ2n) is 3.38. The molecule has 3 nitrogen and oxygen atoms in total. The van der Waals surface area contributed by atoms with Gasteiger partial charge in [0.05, 0.1) is 18.3 Å². The van der Waals surface area contributed by atoms with E-state index in [9.17, 15) is 0 Å². The van der Waals surface area contributed by atoms with E-state index in [0.717, 1.165) is 12.2 Å².